The first-order valence-corrected chi connectivity index (χ1v) is 33.4. The molecular formula is C68H91ClN16O15. The largest absolute Gasteiger partial charge is 0.508 e. The van der Waals surface area contributed by atoms with Gasteiger partial charge in [-0.15, -0.1) is 0 Å². The minimum Gasteiger partial charge on any atom is -0.508 e. The van der Waals surface area contributed by atoms with Crippen molar-refractivity contribution in [2.45, 2.75) is 165 Å². The molecule has 2 heterocycles. The Morgan fingerprint density at radius 1 is 0.650 bits per heavy atom. The quantitative estimate of drug-likeness (QED) is 0.0166. The number of hydrogen-bond donors (Lipinski definition) is 16. The van der Waals surface area contributed by atoms with Crippen LogP contribution in [-0.4, -0.2) is 191 Å². The van der Waals surface area contributed by atoms with Gasteiger partial charge < -0.3 is 90.8 Å². The summed E-state index contributed by atoms with van der Waals surface area (Å²) in [6.45, 7) is 4.51. The Labute approximate surface area is 583 Å². The Kier molecular flexibility index (Phi) is 30.4. The van der Waals surface area contributed by atoms with Crippen LogP contribution in [-0.2, 0) is 81.6 Å². The summed E-state index contributed by atoms with van der Waals surface area (Å²) < 4.78 is 0. The van der Waals surface area contributed by atoms with Crippen molar-refractivity contribution in [3.8, 4) is 5.75 Å². The van der Waals surface area contributed by atoms with Gasteiger partial charge in [0.2, 0.25) is 76.8 Å². The number of carbonyl (C=O) groups excluding carboxylic acids is 13. The monoisotopic (exact) mass is 1410 g/mol. The van der Waals surface area contributed by atoms with E-state index < -0.39 is 157 Å². The Hall–Kier alpha value is -10.4. The van der Waals surface area contributed by atoms with E-state index in [1.54, 1.807) is 50.2 Å². The summed E-state index contributed by atoms with van der Waals surface area (Å²) in [6.07, 6.45) is -0.146. The third-order valence-corrected chi connectivity index (χ3v) is 16.9. The summed E-state index contributed by atoms with van der Waals surface area (Å²) in [6, 6.07) is 11.0. The van der Waals surface area contributed by atoms with Gasteiger partial charge in [0.25, 0.3) is 0 Å². The molecule has 2 fully saturated rings. The maximum absolute atomic E-state index is 15.1. The van der Waals surface area contributed by atoms with Gasteiger partial charge in [0.15, 0.2) is 5.96 Å². The van der Waals surface area contributed by atoms with Crippen molar-refractivity contribution in [3.63, 3.8) is 0 Å². The van der Waals surface area contributed by atoms with E-state index in [0.717, 1.165) is 17.7 Å². The first-order valence-electron chi connectivity index (χ1n) is 33.1. The SMILES string of the molecule is CC(=O)N[C@H]1CC(=O)NCC(=O)N[C@@H](C(=O)N[C@@H](CO)C(=O)N[C@@H](Cc2ccc(O)cc2)C(=O)N[C@H](Cc2ccc3ccccc3c2)C(=O)N[C@H](CC(C)C)C(=O)N[C@@H](CCCN=C(N)N)C(=O)N2CCC[C@H]2C(=O)N[C@H](C)C(N)=O)CCCCNC(=O)[C@@H](Cc2ccc(Cl)cc2)NC1=O. The molecule has 19 N–H and O–H groups in total. The molecule has 10 atom stereocenters. The Balaban J connectivity index is 1.25. The van der Waals surface area contributed by atoms with Crippen LogP contribution < -0.4 is 75.7 Å². The fourth-order valence-electron chi connectivity index (χ4n) is 11.3. The van der Waals surface area contributed by atoms with Crippen LogP contribution in [0.5, 0.6) is 5.75 Å². The highest BCUT2D eigenvalue weighted by atomic mass is 35.5. The Bertz CT molecular complexity index is 3610. The molecule has 0 bridgehead atoms. The summed E-state index contributed by atoms with van der Waals surface area (Å²) in [5.41, 5.74) is 18.1. The highest BCUT2D eigenvalue weighted by molar-refractivity contribution is 6.30. The molecule has 32 heteroatoms. The minimum absolute atomic E-state index is 0.00537. The van der Waals surface area contributed by atoms with Gasteiger partial charge in [0.05, 0.1) is 19.6 Å². The van der Waals surface area contributed by atoms with E-state index in [1.165, 1.54) is 36.1 Å². The first kappa shape index (κ1) is 78.6. The number of nitrogens with zero attached hydrogens (tertiary/aromatic N) is 2. The van der Waals surface area contributed by atoms with E-state index in [4.69, 9.17) is 28.8 Å². The average Bonchev–Trinajstić information content (AvgIpc) is 1.47. The van der Waals surface area contributed by atoms with Gasteiger partial charge in [-0.25, -0.2) is 0 Å². The molecule has 13 amide bonds. The van der Waals surface area contributed by atoms with Gasteiger partial charge in [0, 0.05) is 50.8 Å². The maximum Gasteiger partial charge on any atom is 0.245 e. The van der Waals surface area contributed by atoms with Crippen LogP contribution in [0.3, 0.4) is 0 Å². The molecule has 2 saturated heterocycles. The number of rotatable bonds is 28. The number of nitrogens with two attached hydrogens (primary N) is 3. The molecule has 0 aromatic heterocycles. The van der Waals surface area contributed by atoms with Gasteiger partial charge in [-0.05, 0) is 116 Å². The number of guanidine groups is 1. The number of likely N-dealkylation sites (tertiary alicyclic amines) is 1. The van der Waals surface area contributed by atoms with Crippen LogP contribution in [0.4, 0.5) is 0 Å². The zero-order chi connectivity index (χ0) is 73.2. The second-order valence-electron chi connectivity index (χ2n) is 25.2. The normalized spacial score (nSPS) is 18.8. The van der Waals surface area contributed by atoms with Gasteiger partial charge in [-0.1, -0.05) is 92.2 Å². The number of aliphatic hydroxyl groups is 1. The Morgan fingerprint density at radius 3 is 1.90 bits per heavy atom. The summed E-state index contributed by atoms with van der Waals surface area (Å²) in [5, 5.41) is 51.6. The molecule has 31 nitrogen and oxygen atoms in total. The second-order valence-corrected chi connectivity index (χ2v) is 25.6. The molecular weight excluding hydrogens is 1320 g/mol. The van der Waals surface area contributed by atoms with Crippen molar-refractivity contribution in [1.82, 2.24) is 63.4 Å². The Morgan fingerprint density at radius 2 is 1.26 bits per heavy atom. The number of carbonyl (C=O) groups is 13. The van der Waals surface area contributed by atoms with E-state index in [-0.39, 0.29) is 101 Å². The van der Waals surface area contributed by atoms with Crippen molar-refractivity contribution in [1.29, 1.82) is 0 Å². The van der Waals surface area contributed by atoms with Crippen molar-refractivity contribution in [2.75, 3.05) is 32.8 Å². The molecule has 100 heavy (non-hydrogen) atoms. The number of benzene rings is 4. The summed E-state index contributed by atoms with van der Waals surface area (Å²) in [5.74, 6) is -11.3. The molecule has 0 spiro atoms. The number of fused-ring (bicyclic) bond motifs is 1. The lowest BCUT2D eigenvalue weighted by Crippen LogP contribution is -2.61. The highest BCUT2D eigenvalue weighted by Crippen LogP contribution is 2.22. The number of nitrogens with one attached hydrogen (secondary N) is 11. The molecule has 0 aliphatic carbocycles. The molecule has 2 aliphatic rings. The van der Waals surface area contributed by atoms with Gasteiger partial charge in [-0.2, -0.15) is 0 Å². The lowest BCUT2D eigenvalue weighted by atomic mass is 9.98. The second kappa shape index (κ2) is 38.6. The molecule has 0 saturated carbocycles. The lowest BCUT2D eigenvalue weighted by Gasteiger charge is -2.31. The van der Waals surface area contributed by atoms with Crippen LogP contribution in [0.15, 0.2) is 96.0 Å². The molecule has 0 unspecified atom stereocenters. The van der Waals surface area contributed by atoms with E-state index in [2.05, 4.69) is 63.5 Å². The minimum atomic E-state index is -1.82. The molecule has 2 aliphatic heterocycles. The first-order chi connectivity index (χ1) is 47.6. The maximum atomic E-state index is 15.1. The standard InChI is InChI=1S/C68H91ClN16O15/c1-37(2)29-49(61(94)79-48(14-9-27-74-68(71)72)67(100)85-28-10-15-55(85)66(99)76-38(3)58(70)91)80-63(96)52(33-42-16-21-43-11-5-6-12-44(43)30-42)82-62(95)51(32-41-19-24-46(88)25-20-41)83-65(98)54(36-86)84-60(93)47-13-7-8-26-73-59(92)50(31-40-17-22-45(69)23-18-40)81-64(97)53(77-39(4)87)34-56(89)75-35-57(90)78-47/h5-6,11-12,16-25,30,37-38,47-55,86,88H,7-10,13-15,26-29,31-36H2,1-4H3,(H2,70,91)(H,73,92)(H,75,89)(H,76,99)(H,77,87)(H,78,90)(H,79,94)(H,80,96)(H,81,97)(H,82,95)(H,83,98)(H,84,93)(H4,71,72,74)/t38-,47-,48+,49-,50-,51+,52-,53+,54+,55+/m1/s1. The van der Waals surface area contributed by atoms with Crippen molar-refractivity contribution in [2.24, 2.45) is 28.1 Å². The van der Waals surface area contributed by atoms with E-state index in [1.807, 2.05) is 30.3 Å². The molecule has 6 rings (SSSR count). The highest BCUT2D eigenvalue weighted by Gasteiger charge is 2.40. The van der Waals surface area contributed by atoms with Crippen LogP contribution in [0.25, 0.3) is 10.8 Å². The fraction of sp³-hybridized carbons (Fsp3) is 0.471. The van der Waals surface area contributed by atoms with Crippen LogP contribution in [0.2, 0.25) is 5.02 Å². The van der Waals surface area contributed by atoms with Crippen molar-refractivity contribution >= 4 is 105 Å². The van der Waals surface area contributed by atoms with Gasteiger partial charge in [-0.3, -0.25) is 67.3 Å². The topological polar surface area (TPSA) is 488 Å². The zero-order valence-electron chi connectivity index (χ0n) is 56.2. The summed E-state index contributed by atoms with van der Waals surface area (Å²) in [4.78, 5) is 185. The smallest absolute Gasteiger partial charge is 0.245 e. The predicted molar refractivity (Wildman–Crippen MR) is 368 cm³/mol. The van der Waals surface area contributed by atoms with Crippen LogP contribution >= 0.6 is 11.6 Å². The number of aromatic hydroxyl groups is 1. The van der Waals surface area contributed by atoms with E-state index in [9.17, 15) is 63.0 Å². The number of primary amides is 1. The molecule has 4 aromatic carbocycles. The average molecular weight is 1410 g/mol. The zero-order valence-corrected chi connectivity index (χ0v) is 57.0. The predicted octanol–water partition coefficient (Wildman–Crippen LogP) is -2.00. The number of aliphatic imine (C=N–C) groups is 1. The number of hydrogen-bond acceptors (Lipinski definition) is 16. The third kappa shape index (κ3) is 25.1. The third-order valence-electron chi connectivity index (χ3n) is 16.6. The molecule has 0 radical (unpaired) electrons. The fourth-order valence-corrected chi connectivity index (χ4v) is 11.5. The summed E-state index contributed by atoms with van der Waals surface area (Å²) in [7, 11) is 0. The van der Waals surface area contributed by atoms with Crippen LogP contribution in [0, 0.1) is 5.92 Å². The lowest BCUT2D eigenvalue weighted by molar-refractivity contribution is -0.142. The molecule has 540 valence electrons. The molecule has 4 aromatic rings. The number of halogens is 1. The van der Waals surface area contributed by atoms with E-state index in [0.29, 0.717) is 28.1 Å². The summed E-state index contributed by atoms with van der Waals surface area (Å²) >= 11 is 6.08. The van der Waals surface area contributed by atoms with Crippen LogP contribution in [0.1, 0.15) is 102 Å². The number of amides is 13. The van der Waals surface area contributed by atoms with Crippen molar-refractivity contribution < 1.29 is 72.5 Å². The number of phenolic OH excluding ortho intramolecular Hbond substituents is 1. The number of phenols is 1. The van der Waals surface area contributed by atoms with Gasteiger partial charge >= 0.3 is 0 Å². The van der Waals surface area contributed by atoms with Crippen molar-refractivity contribution in [3.05, 3.63) is 113 Å². The van der Waals surface area contributed by atoms with Gasteiger partial charge in [0.1, 0.15) is 66.2 Å². The van der Waals surface area contributed by atoms with E-state index >= 15 is 9.59 Å². The number of aliphatic hydroxyl groups excluding tert-OH is 1.